The van der Waals surface area contributed by atoms with Crippen LogP contribution in [-0.4, -0.2) is 31.9 Å². The first-order valence-electron chi connectivity index (χ1n) is 6.16. The van der Waals surface area contributed by atoms with E-state index in [0.717, 1.165) is 30.1 Å². The lowest BCUT2D eigenvalue weighted by atomic mass is 10.1. The second kappa shape index (κ2) is 4.47. The van der Waals surface area contributed by atoms with E-state index >= 15 is 0 Å². The van der Waals surface area contributed by atoms with Crippen molar-refractivity contribution in [2.75, 3.05) is 0 Å². The molecular weight excluding hydrogens is 244 g/mol. The summed E-state index contributed by atoms with van der Waals surface area (Å²) in [6.45, 7) is 0.707. The van der Waals surface area contributed by atoms with Crippen molar-refractivity contribution < 1.29 is 9.90 Å². The van der Waals surface area contributed by atoms with Crippen LogP contribution in [0.5, 0.6) is 0 Å². The van der Waals surface area contributed by atoms with Gasteiger partial charge in [-0.05, 0) is 18.6 Å². The third kappa shape index (κ3) is 2.10. The van der Waals surface area contributed by atoms with E-state index in [4.69, 9.17) is 10.8 Å². The van der Waals surface area contributed by atoms with Crippen molar-refractivity contribution >= 4 is 5.97 Å². The number of carboxylic acid groups (broad SMARTS) is 1. The maximum atomic E-state index is 10.8. The van der Waals surface area contributed by atoms with Gasteiger partial charge in [0, 0.05) is 24.6 Å². The number of aryl methyl sites for hydroxylation is 1. The number of benzene rings is 1. The van der Waals surface area contributed by atoms with Gasteiger partial charge in [-0.3, -0.25) is 0 Å². The van der Waals surface area contributed by atoms with Gasteiger partial charge in [-0.2, -0.15) is 0 Å². The van der Waals surface area contributed by atoms with Crippen LogP contribution in [0.15, 0.2) is 24.3 Å². The minimum Gasteiger partial charge on any atom is -0.478 e. The zero-order valence-corrected chi connectivity index (χ0v) is 10.3. The summed E-state index contributed by atoms with van der Waals surface area (Å²) in [6.07, 6.45) is 1.76. The highest BCUT2D eigenvalue weighted by molar-refractivity contribution is 5.88. The summed E-state index contributed by atoms with van der Waals surface area (Å²) in [4.78, 5) is 10.8. The molecule has 1 aliphatic rings. The maximum absolute atomic E-state index is 10.8. The Morgan fingerprint density at radius 1 is 1.32 bits per heavy atom. The lowest BCUT2D eigenvalue weighted by Crippen LogP contribution is -2.32. The SMILES string of the molecule is NC1CCc2nnc(-c3ccc(C(=O)O)cc3)n2C1. The third-order valence-corrected chi connectivity index (χ3v) is 3.37. The summed E-state index contributed by atoms with van der Waals surface area (Å²) in [5, 5.41) is 17.2. The third-order valence-electron chi connectivity index (χ3n) is 3.37. The van der Waals surface area contributed by atoms with Gasteiger partial charge in [-0.15, -0.1) is 10.2 Å². The number of fused-ring (bicyclic) bond motifs is 1. The molecule has 1 atom stereocenters. The Bertz CT molecular complexity index is 618. The zero-order chi connectivity index (χ0) is 13.4. The largest absolute Gasteiger partial charge is 0.478 e. The van der Waals surface area contributed by atoms with Gasteiger partial charge < -0.3 is 15.4 Å². The molecule has 3 rings (SSSR count). The van der Waals surface area contributed by atoms with Crippen LogP contribution in [0.3, 0.4) is 0 Å². The van der Waals surface area contributed by atoms with Gasteiger partial charge in [0.15, 0.2) is 5.82 Å². The average Bonchev–Trinajstić information content (AvgIpc) is 2.81. The predicted molar refractivity (Wildman–Crippen MR) is 68.7 cm³/mol. The van der Waals surface area contributed by atoms with Gasteiger partial charge >= 0.3 is 5.97 Å². The number of nitrogens with zero attached hydrogens (tertiary/aromatic N) is 3. The molecule has 98 valence electrons. The first kappa shape index (κ1) is 11.9. The molecule has 0 bridgehead atoms. The molecule has 1 aromatic carbocycles. The fraction of sp³-hybridized carbons (Fsp3) is 0.308. The fourth-order valence-electron chi connectivity index (χ4n) is 2.33. The Labute approximate surface area is 109 Å². The molecule has 19 heavy (non-hydrogen) atoms. The highest BCUT2D eigenvalue weighted by Crippen LogP contribution is 2.22. The Balaban J connectivity index is 1.98. The van der Waals surface area contributed by atoms with E-state index in [1.807, 2.05) is 4.57 Å². The molecule has 6 nitrogen and oxygen atoms in total. The van der Waals surface area contributed by atoms with Gasteiger partial charge in [0.2, 0.25) is 0 Å². The molecule has 1 aliphatic heterocycles. The molecule has 0 amide bonds. The van der Waals surface area contributed by atoms with Crippen LogP contribution >= 0.6 is 0 Å². The maximum Gasteiger partial charge on any atom is 0.335 e. The number of hydrogen-bond donors (Lipinski definition) is 2. The first-order valence-corrected chi connectivity index (χ1v) is 6.16. The van der Waals surface area contributed by atoms with Gasteiger partial charge in [0.1, 0.15) is 5.82 Å². The number of aromatic nitrogens is 3. The lowest BCUT2D eigenvalue weighted by molar-refractivity contribution is 0.0697. The molecule has 0 aliphatic carbocycles. The number of carbonyl (C=O) groups is 1. The lowest BCUT2D eigenvalue weighted by Gasteiger charge is -2.20. The number of carboxylic acids is 1. The minimum atomic E-state index is -0.933. The van der Waals surface area contributed by atoms with Crippen molar-refractivity contribution in [3.8, 4) is 11.4 Å². The van der Waals surface area contributed by atoms with Gasteiger partial charge in [-0.1, -0.05) is 12.1 Å². The Hall–Kier alpha value is -2.21. The van der Waals surface area contributed by atoms with Crippen LogP contribution in [0.4, 0.5) is 0 Å². The Morgan fingerprint density at radius 2 is 2.05 bits per heavy atom. The molecule has 3 N–H and O–H groups in total. The first-order chi connectivity index (χ1) is 9.15. The van der Waals surface area contributed by atoms with Crippen molar-refractivity contribution in [2.24, 2.45) is 5.73 Å². The summed E-state index contributed by atoms with van der Waals surface area (Å²) in [5.41, 5.74) is 7.09. The Kier molecular flexibility index (Phi) is 2.79. The second-order valence-corrected chi connectivity index (χ2v) is 4.73. The molecule has 1 unspecified atom stereocenters. The van der Waals surface area contributed by atoms with E-state index in [2.05, 4.69) is 10.2 Å². The van der Waals surface area contributed by atoms with Crippen molar-refractivity contribution in [3.05, 3.63) is 35.7 Å². The number of rotatable bonds is 2. The summed E-state index contributed by atoms with van der Waals surface area (Å²) in [5.74, 6) is 0.762. The monoisotopic (exact) mass is 258 g/mol. The van der Waals surface area contributed by atoms with Crippen molar-refractivity contribution in [1.29, 1.82) is 0 Å². The number of aromatic carboxylic acids is 1. The van der Waals surface area contributed by atoms with E-state index in [0.29, 0.717) is 6.54 Å². The molecular formula is C13H14N4O2. The van der Waals surface area contributed by atoms with Crippen LogP contribution < -0.4 is 5.73 Å². The van der Waals surface area contributed by atoms with E-state index in [-0.39, 0.29) is 11.6 Å². The molecule has 1 aromatic heterocycles. The number of hydrogen-bond acceptors (Lipinski definition) is 4. The van der Waals surface area contributed by atoms with Crippen LogP contribution in [0.1, 0.15) is 22.6 Å². The van der Waals surface area contributed by atoms with Crippen LogP contribution in [0.25, 0.3) is 11.4 Å². The highest BCUT2D eigenvalue weighted by Gasteiger charge is 2.21. The van der Waals surface area contributed by atoms with Crippen molar-refractivity contribution in [3.63, 3.8) is 0 Å². The normalized spacial score (nSPS) is 18.1. The topological polar surface area (TPSA) is 94.0 Å². The van der Waals surface area contributed by atoms with Crippen molar-refractivity contribution in [2.45, 2.75) is 25.4 Å². The van der Waals surface area contributed by atoms with E-state index in [9.17, 15) is 4.79 Å². The van der Waals surface area contributed by atoms with Gasteiger partial charge in [0.25, 0.3) is 0 Å². The second-order valence-electron chi connectivity index (χ2n) is 4.73. The molecule has 0 fully saturated rings. The molecule has 2 aromatic rings. The highest BCUT2D eigenvalue weighted by atomic mass is 16.4. The minimum absolute atomic E-state index is 0.126. The Morgan fingerprint density at radius 3 is 2.74 bits per heavy atom. The van der Waals surface area contributed by atoms with Crippen molar-refractivity contribution in [1.82, 2.24) is 14.8 Å². The van der Waals surface area contributed by atoms with E-state index in [1.54, 1.807) is 24.3 Å². The van der Waals surface area contributed by atoms with E-state index < -0.39 is 5.97 Å². The quantitative estimate of drug-likeness (QED) is 0.835. The van der Waals surface area contributed by atoms with Crippen LogP contribution in [0.2, 0.25) is 0 Å². The smallest absolute Gasteiger partial charge is 0.335 e. The van der Waals surface area contributed by atoms with Gasteiger partial charge in [-0.25, -0.2) is 4.79 Å². The standard InChI is InChI=1S/C13H14N4O2/c14-10-5-6-11-15-16-12(17(11)7-10)8-1-3-9(4-2-8)13(18)19/h1-4,10H,5-7,14H2,(H,18,19). The number of nitrogens with two attached hydrogens (primary N) is 1. The zero-order valence-electron chi connectivity index (χ0n) is 10.3. The molecule has 0 saturated heterocycles. The molecule has 0 radical (unpaired) electrons. The molecule has 0 saturated carbocycles. The van der Waals surface area contributed by atoms with Crippen LogP contribution in [0, 0.1) is 0 Å². The summed E-state index contributed by atoms with van der Waals surface area (Å²) < 4.78 is 2.02. The summed E-state index contributed by atoms with van der Waals surface area (Å²) >= 11 is 0. The average molecular weight is 258 g/mol. The van der Waals surface area contributed by atoms with Crippen LogP contribution in [-0.2, 0) is 13.0 Å². The fourth-order valence-corrected chi connectivity index (χ4v) is 2.33. The predicted octanol–water partition coefficient (Wildman–Crippen LogP) is 0.917. The summed E-state index contributed by atoms with van der Waals surface area (Å²) in [6, 6.07) is 6.77. The molecule has 2 heterocycles. The van der Waals surface area contributed by atoms with Gasteiger partial charge in [0.05, 0.1) is 5.56 Å². The molecule has 0 spiro atoms. The van der Waals surface area contributed by atoms with E-state index in [1.165, 1.54) is 0 Å². The molecule has 6 heteroatoms. The summed E-state index contributed by atoms with van der Waals surface area (Å²) in [7, 11) is 0.